The maximum absolute atomic E-state index is 12.6. The normalized spacial score (nSPS) is 11.1. The fraction of sp³-hybridized carbons (Fsp3) is 0. The zero-order valence-electron chi connectivity index (χ0n) is 14.1. The lowest BCUT2D eigenvalue weighted by Crippen LogP contribution is -2.30. The van der Waals surface area contributed by atoms with Gasteiger partial charge < -0.3 is 24.6 Å². The van der Waals surface area contributed by atoms with Crippen LogP contribution in [-0.4, -0.2) is 22.9 Å². The summed E-state index contributed by atoms with van der Waals surface area (Å²) >= 11 is 3.11. The van der Waals surface area contributed by atoms with Crippen molar-refractivity contribution in [1.82, 2.24) is 5.32 Å². The van der Waals surface area contributed by atoms with Crippen molar-refractivity contribution in [3.8, 4) is 0 Å². The summed E-state index contributed by atoms with van der Waals surface area (Å²) in [7, 11) is 0. The molecule has 2 amide bonds. The summed E-state index contributed by atoms with van der Waals surface area (Å²) in [5, 5.41) is 14.0. The number of carboxylic acid groups (broad SMARTS) is 1. The fourth-order valence-electron chi connectivity index (χ4n) is 2.19. The number of carbonyl (C=O) groups is 3. The van der Waals surface area contributed by atoms with E-state index in [1.807, 2.05) is 0 Å². The van der Waals surface area contributed by atoms with Crippen LogP contribution in [0, 0.1) is 0 Å². The molecule has 0 saturated heterocycles. The molecule has 0 unspecified atom stereocenters. The predicted octanol–water partition coefficient (Wildman–Crippen LogP) is 3.74. The topological polar surface area (TPSA) is 122 Å². The highest BCUT2D eigenvalue weighted by Crippen LogP contribution is 2.16. The average Bonchev–Trinajstić information content (AvgIpc) is 3.33. The minimum Gasteiger partial charge on any atom is -0.478 e. The third kappa shape index (κ3) is 4.77. The first-order valence-electron chi connectivity index (χ1n) is 7.89. The van der Waals surface area contributed by atoms with Gasteiger partial charge in [0.2, 0.25) is 0 Å². The van der Waals surface area contributed by atoms with Crippen molar-refractivity contribution in [1.29, 1.82) is 0 Å². The van der Waals surface area contributed by atoms with Crippen LogP contribution >= 0.6 is 15.9 Å². The van der Waals surface area contributed by atoms with Gasteiger partial charge >= 0.3 is 5.97 Å². The van der Waals surface area contributed by atoms with E-state index in [1.54, 1.807) is 18.2 Å². The highest BCUT2D eigenvalue weighted by Gasteiger charge is 2.18. The van der Waals surface area contributed by atoms with Gasteiger partial charge in [0, 0.05) is 11.8 Å². The molecule has 0 atom stereocenters. The third-order valence-electron chi connectivity index (χ3n) is 3.51. The Morgan fingerprint density at radius 1 is 1.04 bits per heavy atom. The Morgan fingerprint density at radius 3 is 2.36 bits per heavy atom. The first kappa shape index (κ1) is 19.2. The lowest BCUT2D eigenvalue weighted by Gasteiger charge is -2.10. The van der Waals surface area contributed by atoms with Crippen molar-refractivity contribution in [2.24, 2.45) is 0 Å². The van der Waals surface area contributed by atoms with E-state index in [0.29, 0.717) is 16.1 Å². The summed E-state index contributed by atoms with van der Waals surface area (Å²) in [6.45, 7) is 0. The molecule has 0 bridgehead atoms. The lowest BCUT2D eigenvalue weighted by molar-refractivity contribution is -0.113. The van der Waals surface area contributed by atoms with Crippen molar-refractivity contribution in [3.05, 3.63) is 82.2 Å². The molecule has 2 heterocycles. The second-order valence-electron chi connectivity index (χ2n) is 5.47. The Balaban J connectivity index is 1.80. The Morgan fingerprint density at radius 2 is 1.79 bits per heavy atom. The summed E-state index contributed by atoms with van der Waals surface area (Å²) in [6.07, 6.45) is 2.79. The van der Waals surface area contributed by atoms with Crippen LogP contribution in [0.3, 0.4) is 0 Å². The van der Waals surface area contributed by atoms with Crippen molar-refractivity contribution < 1.29 is 28.3 Å². The Labute approximate surface area is 167 Å². The maximum Gasteiger partial charge on any atom is 0.335 e. The summed E-state index contributed by atoms with van der Waals surface area (Å²) in [4.78, 5) is 35.9. The number of aromatic carboxylic acids is 1. The lowest BCUT2D eigenvalue weighted by atomic mass is 10.2. The molecule has 28 heavy (non-hydrogen) atoms. The van der Waals surface area contributed by atoms with E-state index >= 15 is 0 Å². The summed E-state index contributed by atoms with van der Waals surface area (Å²) in [5.74, 6) is -1.96. The van der Waals surface area contributed by atoms with Gasteiger partial charge in [-0.3, -0.25) is 9.59 Å². The maximum atomic E-state index is 12.6. The van der Waals surface area contributed by atoms with Gasteiger partial charge in [-0.1, -0.05) is 0 Å². The molecule has 1 aromatic carbocycles. The van der Waals surface area contributed by atoms with Crippen LogP contribution < -0.4 is 10.6 Å². The van der Waals surface area contributed by atoms with E-state index < -0.39 is 17.8 Å². The molecule has 0 spiro atoms. The fourth-order valence-corrected chi connectivity index (χ4v) is 2.50. The van der Waals surface area contributed by atoms with E-state index in [2.05, 4.69) is 26.6 Å². The molecular formula is C19H13BrN2O6. The molecule has 2 aromatic heterocycles. The standard InChI is InChI=1S/C19H13BrN2O6/c20-16-8-7-15(28-16)18(24)22-14(10-13-2-1-9-27-13)17(23)21-12-5-3-11(4-6-12)19(25)26/h1-10H,(H,21,23)(H,22,24)(H,25,26). The largest absolute Gasteiger partial charge is 0.478 e. The molecule has 142 valence electrons. The quantitative estimate of drug-likeness (QED) is 0.497. The van der Waals surface area contributed by atoms with Crippen LogP contribution in [-0.2, 0) is 4.79 Å². The van der Waals surface area contributed by atoms with E-state index in [4.69, 9.17) is 13.9 Å². The molecule has 0 aliphatic heterocycles. The van der Waals surface area contributed by atoms with Crippen molar-refractivity contribution >= 4 is 45.5 Å². The van der Waals surface area contributed by atoms with Gasteiger partial charge in [-0.25, -0.2) is 4.79 Å². The van der Waals surface area contributed by atoms with Crippen molar-refractivity contribution in [2.45, 2.75) is 0 Å². The monoisotopic (exact) mass is 444 g/mol. The van der Waals surface area contributed by atoms with Crippen LogP contribution in [0.25, 0.3) is 6.08 Å². The second-order valence-corrected chi connectivity index (χ2v) is 6.25. The molecule has 0 saturated carbocycles. The van der Waals surface area contributed by atoms with Gasteiger partial charge in [-0.2, -0.15) is 0 Å². The van der Waals surface area contributed by atoms with Crippen LogP contribution in [0.5, 0.6) is 0 Å². The first-order valence-corrected chi connectivity index (χ1v) is 8.68. The zero-order chi connectivity index (χ0) is 20.1. The Hall–Kier alpha value is -3.59. The molecule has 0 radical (unpaired) electrons. The number of carbonyl (C=O) groups excluding carboxylic acids is 2. The number of nitrogens with one attached hydrogen (secondary N) is 2. The van der Waals surface area contributed by atoms with Crippen LogP contribution in [0.1, 0.15) is 26.7 Å². The average molecular weight is 445 g/mol. The minimum atomic E-state index is -1.08. The molecule has 0 fully saturated rings. The van der Waals surface area contributed by atoms with Crippen molar-refractivity contribution in [2.75, 3.05) is 5.32 Å². The number of furan rings is 2. The van der Waals surface area contributed by atoms with Gasteiger partial charge in [0.1, 0.15) is 11.5 Å². The molecule has 8 nitrogen and oxygen atoms in total. The summed E-state index contributed by atoms with van der Waals surface area (Å²) in [5.41, 5.74) is 0.353. The third-order valence-corrected chi connectivity index (χ3v) is 3.94. The minimum absolute atomic E-state index is 0.0100. The van der Waals surface area contributed by atoms with Gasteiger partial charge in [0.05, 0.1) is 11.8 Å². The number of amides is 2. The number of carboxylic acids is 1. The van der Waals surface area contributed by atoms with Crippen molar-refractivity contribution in [3.63, 3.8) is 0 Å². The summed E-state index contributed by atoms with van der Waals surface area (Å²) < 4.78 is 10.7. The number of halogens is 1. The predicted molar refractivity (Wildman–Crippen MR) is 103 cm³/mol. The highest BCUT2D eigenvalue weighted by atomic mass is 79.9. The molecule has 3 aromatic rings. The van der Waals surface area contributed by atoms with Crippen LogP contribution in [0.4, 0.5) is 5.69 Å². The molecular weight excluding hydrogens is 432 g/mol. The van der Waals surface area contributed by atoms with E-state index in [0.717, 1.165) is 0 Å². The molecule has 3 N–H and O–H groups in total. The van der Waals surface area contributed by atoms with Crippen LogP contribution in [0.15, 0.2) is 74.0 Å². The SMILES string of the molecule is O=C(Nc1ccc(C(=O)O)cc1)C(=Cc1ccco1)NC(=O)c1ccc(Br)o1. The molecule has 0 aliphatic carbocycles. The van der Waals surface area contributed by atoms with E-state index in [-0.39, 0.29) is 17.0 Å². The highest BCUT2D eigenvalue weighted by molar-refractivity contribution is 9.10. The van der Waals surface area contributed by atoms with E-state index in [1.165, 1.54) is 42.7 Å². The first-order chi connectivity index (χ1) is 13.4. The molecule has 9 heteroatoms. The number of hydrogen-bond donors (Lipinski definition) is 3. The molecule has 0 aliphatic rings. The van der Waals surface area contributed by atoms with Gasteiger partial charge in [0.15, 0.2) is 10.4 Å². The van der Waals surface area contributed by atoms with Gasteiger partial charge in [-0.15, -0.1) is 0 Å². The van der Waals surface area contributed by atoms with Gasteiger partial charge in [0.25, 0.3) is 11.8 Å². The van der Waals surface area contributed by atoms with E-state index in [9.17, 15) is 14.4 Å². The number of anilines is 1. The number of benzene rings is 1. The Bertz CT molecular complexity index is 1030. The summed E-state index contributed by atoms with van der Waals surface area (Å²) in [6, 6.07) is 11.8. The number of hydrogen-bond acceptors (Lipinski definition) is 5. The van der Waals surface area contributed by atoms with Crippen LogP contribution in [0.2, 0.25) is 0 Å². The molecule has 3 rings (SSSR count). The van der Waals surface area contributed by atoms with Gasteiger partial charge in [-0.05, 0) is 64.5 Å². The Kier molecular flexibility index (Phi) is 5.75. The second kappa shape index (κ2) is 8.40. The zero-order valence-corrected chi connectivity index (χ0v) is 15.7. The number of rotatable bonds is 6. The smallest absolute Gasteiger partial charge is 0.335 e.